The number of Topliss-reactive ketones (excluding diaryl/α,β-unsaturated/α-hetero) is 1. The maximum atomic E-state index is 12.4. The maximum Gasteiger partial charge on any atom is 0.174 e. The quantitative estimate of drug-likeness (QED) is 0.818. The molecule has 0 fully saturated rings. The summed E-state index contributed by atoms with van der Waals surface area (Å²) in [5, 5.41) is 19.6. The van der Waals surface area contributed by atoms with Crippen LogP contribution in [-0.4, -0.2) is 22.6 Å². The fourth-order valence-corrected chi connectivity index (χ4v) is 2.68. The third-order valence-electron chi connectivity index (χ3n) is 3.98. The van der Waals surface area contributed by atoms with Crippen molar-refractivity contribution < 1.29 is 24.5 Å². The molecule has 2 aromatic carbocycles. The second-order valence-corrected chi connectivity index (χ2v) is 6.23. The van der Waals surface area contributed by atoms with Gasteiger partial charge in [0.05, 0.1) is 6.42 Å². The van der Waals surface area contributed by atoms with Crippen LogP contribution in [-0.2, 0) is 0 Å². The molecule has 0 bridgehead atoms. The van der Waals surface area contributed by atoms with Gasteiger partial charge in [-0.25, -0.2) is 0 Å². The van der Waals surface area contributed by atoms with Crippen molar-refractivity contribution >= 4 is 5.78 Å². The zero-order valence-corrected chi connectivity index (χ0v) is 14.2. The molecule has 5 heteroatoms. The molecule has 130 valence electrons. The van der Waals surface area contributed by atoms with Gasteiger partial charge in [-0.1, -0.05) is 17.7 Å². The molecule has 0 aromatic heterocycles. The molecule has 0 unspecified atom stereocenters. The van der Waals surface area contributed by atoms with E-state index in [-0.39, 0.29) is 29.3 Å². The molecule has 0 radical (unpaired) electrons. The van der Waals surface area contributed by atoms with Gasteiger partial charge in [-0.2, -0.15) is 0 Å². The predicted octanol–water partition coefficient (Wildman–Crippen LogP) is 4.15. The molecule has 0 saturated heterocycles. The van der Waals surface area contributed by atoms with E-state index in [1.165, 1.54) is 6.07 Å². The summed E-state index contributed by atoms with van der Waals surface area (Å²) in [5.41, 5.74) is 2.10. The molecule has 1 aliphatic heterocycles. The second-order valence-electron chi connectivity index (χ2n) is 6.23. The third-order valence-corrected chi connectivity index (χ3v) is 3.98. The molecule has 0 spiro atoms. The fraction of sp³-hybridized carbons (Fsp3) is 0.250. The minimum absolute atomic E-state index is 0.128. The lowest BCUT2D eigenvalue weighted by atomic mass is 9.95. The van der Waals surface area contributed by atoms with Crippen LogP contribution >= 0.6 is 0 Å². The van der Waals surface area contributed by atoms with Gasteiger partial charge in [0.1, 0.15) is 41.3 Å². The minimum atomic E-state index is -0.465. The molecule has 0 amide bonds. The van der Waals surface area contributed by atoms with Crippen molar-refractivity contribution in [2.45, 2.75) is 26.4 Å². The van der Waals surface area contributed by atoms with E-state index in [1.807, 2.05) is 19.9 Å². The molecule has 25 heavy (non-hydrogen) atoms. The number of ether oxygens (including phenoxy) is 2. The van der Waals surface area contributed by atoms with E-state index in [1.54, 1.807) is 30.3 Å². The Hall–Kier alpha value is -2.95. The summed E-state index contributed by atoms with van der Waals surface area (Å²) in [5.74, 6) is 0.569. The average molecular weight is 340 g/mol. The third kappa shape index (κ3) is 3.76. The Balaban J connectivity index is 1.87. The zero-order valence-electron chi connectivity index (χ0n) is 14.2. The van der Waals surface area contributed by atoms with Gasteiger partial charge in [0.25, 0.3) is 0 Å². The number of fused-ring (bicyclic) bond motifs is 1. The number of benzene rings is 2. The van der Waals surface area contributed by atoms with Crippen LogP contribution in [0.15, 0.2) is 48.0 Å². The summed E-state index contributed by atoms with van der Waals surface area (Å²) in [6, 6.07) is 9.59. The smallest absolute Gasteiger partial charge is 0.174 e. The number of phenolic OH excluding ortho intramolecular Hbond substituents is 2. The van der Waals surface area contributed by atoms with Crippen LogP contribution in [0.1, 0.15) is 42.3 Å². The van der Waals surface area contributed by atoms with Crippen LogP contribution in [0.4, 0.5) is 0 Å². The molecule has 0 aliphatic carbocycles. The van der Waals surface area contributed by atoms with E-state index in [0.29, 0.717) is 18.1 Å². The Morgan fingerprint density at radius 2 is 1.96 bits per heavy atom. The van der Waals surface area contributed by atoms with Crippen molar-refractivity contribution in [3.63, 3.8) is 0 Å². The Bertz CT molecular complexity index is 817. The van der Waals surface area contributed by atoms with E-state index in [0.717, 1.165) is 11.1 Å². The van der Waals surface area contributed by atoms with Gasteiger partial charge >= 0.3 is 0 Å². The Kier molecular flexibility index (Phi) is 4.65. The number of rotatable bonds is 4. The predicted molar refractivity (Wildman–Crippen MR) is 93.5 cm³/mol. The van der Waals surface area contributed by atoms with Gasteiger partial charge in [-0.05, 0) is 37.6 Å². The largest absolute Gasteiger partial charge is 0.508 e. The van der Waals surface area contributed by atoms with Crippen LogP contribution in [0.5, 0.6) is 23.0 Å². The summed E-state index contributed by atoms with van der Waals surface area (Å²) in [7, 11) is 0. The Morgan fingerprint density at radius 3 is 2.64 bits per heavy atom. The topological polar surface area (TPSA) is 76.0 Å². The molecule has 1 aliphatic rings. The maximum absolute atomic E-state index is 12.4. The minimum Gasteiger partial charge on any atom is -0.508 e. The van der Waals surface area contributed by atoms with Crippen LogP contribution in [0.3, 0.4) is 0 Å². The Morgan fingerprint density at radius 1 is 1.24 bits per heavy atom. The number of aromatic hydroxyl groups is 2. The number of hydrogen-bond donors (Lipinski definition) is 2. The van der Waals surface area contributed by atoms with E-state index in [2.05, 4.69) is 0 Å². The molecule has 1 atom stereocenters. The van der Waals surface area contributed by atoms with Gasteiger partial charge in [0.2, 0.25) is 0 Å². The number of carbonyl (C=O) groups is 1. The van der Waals surface area contributed by atoms with Gasteiger partial charge < -0.3 is 19.7 Å². The normalized spacial score (nSPS) is 15.9. The summed E-state index contributed by atoms with van der Waals surface area (Å²) >= 11 is 0. The highest BCUT2D eigenvalue weighted by molar-refractivity contribution is 6.02. The first-order chi connectivity index (χ1) is 11.9. The van der Waals surface area contributed by atoms with E-state index < -0.39 is 6.10 Å². The van der Waals surface area contributed by atoms with Gasteiger partial charge in [0.15, 0.2) is 5.78 Å². The molecule has 0 saturated carbocycles. The van der Waals surface area contributed by atoms with Crippen molar-refractivity contribution in [3.05, 3.63) is 59.2 Å². The van der Waals surface area contributed by atoms with Crippen molar-refractivity contribution in [1.82, 2.24) is 0 Å². The monoisotopic (exact) mass is 340 g/mol. The van der Waals surface area contributed by atoms with Crippen molar-refractivity contribution in [1.29, 1.82) is 0 Å². The summed E-state index contributed by atoms with van der Waals surface area (Å²) in [4.78, 5) is 12.4. The summed E-state index contributed by atoms with van der Waals surface area (Å²) in [6.07, 6.45) is 1.58. The van der Waals surface area contributed by atoms with E-state index in [4.69, 9.17) is 9.47 Å². The number of allylic oxidation sites excluding steroid dienone is 1. The van der Waals surface area contributed by atoms with E-state index >= 15 is 0 Å². The fourth-order valence-electron chi connectivity index (χ4n) is 2.68. The van der Waals surface area contributed by atoms with Gasteiger partial charge in [-0.3, -0.25) is 4.79 Å². The first-order valence-corrected chi connectivity index (χ1v) is 8.06. The highest BCUT2D eigenvalue weighted by atomic mass is 16.5. The summed E-state index contributed by atoms with van der Waals surface area (Å²) < 4.78 is 11.5. The average Bonchev–Trinajstić information content (AvgIpc) is 2.54. The summed E-state index contributed by atoms with van der Waals surface area (Å²) in [6.45, 7) is 4.31. The number of phenols is 2. The molecular formula is C20H20O5. The number of carbonyl (C=O) groups excluding carboxylic acids is 1. The highest BCUT2D eigenvalue weighted by Gasteiger charge is 2.30. The van der Waals surface area contributed by atoms with Crippen LogP contribution in [0.2, 0.25) is 0 Å². The van der Waals surface area contributed by atoms with Crippen LogP contribution in [0, 0.1) is 0 Å². The standard InChI is InChI=1S/C20H20O5/c1-12(2)7-8-24-15-9-16(22)20-17(23)11-18(25-19(20)10-15)13-3-5-14(21)6-4-13/h3-7,9-10,18,21-22H,8,11H2,1-2H3/t18-/m1/s1. The number of hydrogen-bond acceptors (Lipinski definition) is 5. The number of ketones is 1. The lowest BCUT2D eigenvalue weighted by Crippen LogP contribution is -2.20. The zero-order chi connectivity index (χ0) is 18.0. The lowest BCUT2D eigenvalue weighted by molar-refractivity contribution is 0.0844. The first kappa shape index (κ1) is 16.9. The molecular weight excluding hydrogens is 320 g/mol. The molecule has 2 N–H and O–H groups in total. The van der Waals surface area contributed by atoms with Crippen molar-refractivity contribution in [3.8, 4) is 23.0 Å². The van der Waals surface area contributed by atoms with Crippen molar-refractivity contribution in [2.75, 3.05) is 6.61 Å². The van der Waals surface area contributed by atoms with Gasteiger partial charge in [-0.15, -0.1) is 0 Å². The first-order valence-electron chi connectivity index (χ1n) is 8.06. The second kappa shape index (κ2) is 6.89. The SMILES string of the molecule is CC(C)=CCOc1cc(O)c2c(c1)O[C@@H](c1ccc(O)cc1)CC2=O. The van der Waals surface area contributed by atoms with Crippen molar-refractivity contribution in [2.24, 2.45) is 0 Å². The lowest BCUT2D eigenvalue weighted by Gasteiger charge is -2.26. The highest BCUT2D eigenvalue weighted by Crippen LogP contribution is 2.42. The Labute approximate surface area is 146 Å². The molecule has 2 aromatic rings. The van der Waals surface area contributed by atoms with E-state index in [9.17, 15) is 15.0 Å². The molecule has 3 rings (SSSR count). The van der Waals surface area contributed by atoms with Crippen LogP contribution in [0.25, 0.3) is 0 Å². The molecule has 5 nitrogen and oxygen atoms in total. The van der Waals surface area contributed by atoms with Crippen LogP contribution < -0.4 is 9.47 Å². The molecule has 1 heterocycles. The van der Waals surface area contributed by atoms with Gasteiger partial charge in [0, 0.05) is 12.1 Å².